The molecular formula is C20H18ClFN4. The zero-order valence-electron chi connectivity index (χ0n) is 14.6. The summed E-state index contributed by atoms with van der Waals surface area (Å²) in [5, 5.41) is 9.32. The fourth-order valence-electron chi connectivity index (χ4n) is 3.31. The van der Waals surface area contributed by atoms with E-state index in [-0.39, 0.29) is 5.82 Å². The van der Waals surface area contributed by atoms with Crippen LogP contribution >= 0.6 is 11.6 Å². The molecule has 0 saturated carbocycles. The van der Waals surface area contributed by atoms with Gasteiger partial charge in [0.05, 0.1) is 12.2 Å². The molecular weight excluding hydrogens is 351 g/mol. The van der Waals surface area contributed by atoms with Crippen molar-refractivity contribution in [3.05, 3.63) is 82.2 Å². The Balaban J connectivity index is 1.95. The average molecular weight is 369 g/mol. The average Bonchev–Trinajstić information content (AvgIpc) is 2.91. The predicted octanol–water partition coefficient (Wildman–Crippen LogP) is 4.11. The lowest BCUT2D eigenvalue weighted by molar-refractivity contribution is 0.387. The summed E-state index contributed by atoms with van der Waals surface area (Å²) in [5.74, 6) is 1.42. The second kappa shape index (κ2) is 6.67. The van der Waals surface area contributed by atoms with E-state index in [0.29, 0.717) is 23.6 Å². The highest BCUT2D eigenvalue weighted by Crippen LogP contribution is 2.35. The van der Waals surface area contributed by atoms with Crippen molar-refractivity contribution in [3.8, 4) is 5.69 Å². The number of rotatable bonds is 3. The number of benzene rings is 2. The third kappa shape index (κ3) is 2.93. The Morgan fingerprint density at radius 1 is 1.12 bits per heavy atom. The molecule has 26 heavy (non-hydrogen) atoms. The smallest absolute Gasteiger partial charge is 0.151 e. The highest BCUT2D eigenvalue weighted by molar-refractivity contribution is 6.30. The van der Waals surface area contributed by atoms with Crippen molar-refractivity contribution < 1.29 is 4.39 Å². The predicted molar refractivity (Wildman–Crippen MR) is 101 cm³/mol. The quantitative estimate of drug-likeness (QED) is 0.697. The lowest BCUT2D eigenvalue weighted by Gasteiger charge is -2.16. The first kappa shape index (κ1) is 16.9. The van der Waals surface area contributed by atoms with Gasteiger partial charge in [-0.3, -0.25) is 4.57 Å². The highest BCUT2D eigenvalue weighted by atomic mass is 35.5. The van der Waals surface area contributed by atoms with Crippen LogP contribution < -0.4 is 0 Å². The summed E-state index contributed by atoms with van der Waals surface area (Å²) in [7, 11) is 3.98. The monoisotopic (exact) mass is 368 g/mol. The number of hydrogen-bond donors (Lipinski definition) is 0. The van der Waals surface area contributed by atoms with Gasteiger partial charge in [0.2, 0.25) is 0 Å². The van der Waals surface area contributed by atoms with Gasteiger partial charge in [-0.05, 0) is 43.9 Å². The van der Waals surface area contributed by atoms with E-state index in [1.807, 2.05) is 49.3 Å². The molecule has 132 valence electrons. The number of nitrogens with zero attached hydrogens (tertiary/aromatic N) is 4. The molecule has 1 aromatic heterocycles. The molecule has 0 radical (unpaired) electrons. The maximum absolute atomic E-state index is 14.5. The first-order chi connectivity index (χ1) is 12.5. The summed E-state index contributed by atoms with van der Waals surface area (Å²) < 4.78 is 16.5. The van der Waals surface area contributed by atoms with Crippen LogP contribution in [-0.4, -0.2) is 33.8 Å². The Morgan fingerprint density at radius 3 is 2.69 bits per heavy atom. The zero-order chi connectivity index (χ0) is 18.3. The molecule has 1 aliphatic rings. The largest absolute Gasteiger partial charge is 0.302 e. The fraction of sp³-hybridized carbons (Fsp3) is 0.200. The van der Waals surface area contributed by atoms with Crippen LogP contribution in [0.5, 0.6) is 0 Å². The Bertz CT molecular complexity index is 1010. The van der Waals surface area contributed by atoms with Crippen LogP contribution in [-0.2, 0) is 13.0 Å². The van der Waals surface area contributed by atoms with Gasteiger partial charge in [0.25, 0.3) is 0 Å². The molecule has 0 atom stereocenters. The molecule has 0 N–H and O–H groups in total. The van der Waals surface area contributed by atoms with Crippen LogP contribution in [0.2, 0.25) is 5.02 Å². The number of hydrogen-bond acceptors (Lipinski definition) is 3. The van der Waals surface area contributed by atoms with E-state index in [0.717, 1.165) is 28.5 Å². The highest BCUT2D eigenvalue weighted by Gasteiger charge is 2.23. The molecule has 0 spiro atoms. The normalized spacial score (nSPS) is 13.2. The van der Waals surface area contributed by atoms with Crippen molar-refractivity contribution in [3.63, 3.8) is 0 Å². The summed E-state index contributed by atoms with van der Waals surface area (Å²) in [6.07, 6.45) is 2.57. The summed E-state index contributed by atoms with van der Waals surface area (Å²) >= 11 is 6.28. The molecule has 4 rings (SSSR count). The lowest BCUT2D eigenvalue weighted by Crippen LogP contribution is -2.16. The molecule has 0 bridgehead atoms. The second-order valence-corrected chi connectivity index (χ2v) is 7.01. The molecule has 2 heterocycles. The molecule has 3 aromatic rings. The van der Waals surface area contributed by atoms with Crippen LogP contribution in [0.4, 0.5) is 4.39 Å². The van der Waals surface area contributed by atoms with E-state index in [1.54, 1.807) is 12.1 Å². The molecule has 6 heteroatoms. The Morgan fingerprint density at radius 2 is 1.92 bits per heavy atom. The van der Waals surface area contributed by atoms with Crippen molar-refractivity contribution in [2.24, 2.45) is 0 Å². The minimum atomic E-state index is -0.254. The molecule has 4 nitrogen and oxygen atoms in total. The maximum Gasteiger partial charge on any atom is 0.151 e. The second-order valence-electron chi connectivity index (χ2n) is 6.57. The van der Waals surface area contributed by atoms with Crippen LogP contribution in [0, 0.1) is 5.82 Å². The Kier molecular flexibility index (Phi) is 4.34. The third-order valence-corrected chi connectivity index (χ3v) is 4.63. The van der Waals surface area contributed by atoms with Crippen LogP contribution in [0.3, 0.4) is 0 Å². The molecule has 0 fully saturated rings. The fourth-order valence-corrected chi connectivity index (χ4v) is 3.48. The van der Waals surface area contributed by atoms with Gasteiger partial charge in [0, 0.05) is 22.6 Å². The molecule has 1 aliphatic heterocycles. The summed E-state index contributed by atoms with van der Waals surface area (Å²) in [6.45, 7) is 0.657. The van der Waals surface area contributed by atoms with Crippen molar-refractivity contribution in [2.45, 2.75) is 13.0 Å². The third-order valence-electron chi connectivity index (χ3n) is 4.40. The minimum Gasteiger partial charge on any atom is -0.302 e. The van der Waals surface area contributed by atoms with Gasteiger partial charge in [-0.1, -0.05) is 35.9 Å². The van der Waals surface area contributed by atoms with Gasteiger partial charge >= 0.3 is 0 Å². The van der Waals surface area contributed by atoms with E-state index >= 15 is 0 Å². The van der Waals surface area contributed by atoms with E-state index in [2.05, 4.69) is 14.8 Å². The van der Waals surface area contributed by atoms with Crippen molar-refractivity contribution >= 4 is 17.2 Å². The van der Waals surface area contributed by atoms with Gasteiger partial charge in [-0.25, -0.2) is 4.39 Å². The topological polar surface area (TPSA) is 34.0 Å². The molecule has 0 aliphatic carbocycles. The van der Waals surface area contributed by atoms with Gasteiger partial charge in [-0.2, -0.15) is 0 Å². The number of allylic oxidation sites excluding steroid dienone is 1. The minimum absolute atomic E-state index is 0.254. The standard InChI is InChI=1S/C20H18ClFN4/c1-25(2)12-20-24-23-19-10-8-14(15-5-3-4-6-17(15)22)16-11-13(21)7-9-18(16)26(19)20/h3-9,11H,10,12H2,1-2H3. The molecule has 0 amide bonds. The van der Waals surface area contributed by atoms with E-state index < -0.39 is 0 Å². The summed E-state index contributed by atoms with van der Waals surface area (Å²) in [4.78, 5) is 2.04. The van der Waals surface area contributed by atoms with Gasteiger partial charge < -0.3 is 4.90 Å². The molecule has 0 unspecified atom stereocenters. The van der Waals surface area contributed by atoms with Gasteiger partial charge in [0.15, 0.2) is 5.82 Å². The number of halogens is 2. The zero-order valence-corrected chi connectivity index (χ0v) is 15.3. The van der Waals surface area contributed by atoms with Crippen LogP contribution in [0.15, 0.2) is 48.5 Å². The van der Waals surface area contributed by atoms with Crippen molar-refractivity contribution in [2.75, 3.05) is 14.1 Å². The van der Waals surface area contributed by atoms with E-state index in [4.69, 9.17) is 11.6 Å². The number of fused-ring (bicyclic) bond motifs is 3. The van der Waals surface area contributed by atoms with Crippen molar-refractivity contribution in [1.82, 2.24) is 19.7 Å². The Hall–Kier alpha value is -2.50. The van der Waals surface area contributed by atoms with Gasteiger partial charge in [-0.15, -0.1) is 10.2 Å². The van der Waals surface area contributed by atoms with E-state index in [1.165, 1.54) is 6.07 Å². The van der Waals surface area contributed by atoms with Gasteiger partial charge in [0.1, 0.15) is 11.6 Å². The lowest BCUT2D eigenvalue weighted by atomic mass is 9.95. The first-order valence-corrected chi connectivity index (χ1v) is 8.75. The first-order valence-electron chi connectivity index (χ1n) is 8.38. The maximum atomic E-state index is 14.5. The van der Waals surface area contributed by atoms with E-state index in [9.17, 15) is 4.39 Å². The Labute approximate surface area is 156 Å². The van der Waals surface area contributed by atoms with Crippen LogP contribution in [0.1, 0.15) is 22.8 Å². The summed E-state index contributed by atoms with van der Waals surface area (Å²) in [5.41, 5.74) is 3.17. The van der Waals surface area contributed by atoms with Crippen molar-refractivity contribution in [1.29, 1.82) is 0 Å². The SMILES string of the molecule is CN(C)Cc1nnc2n1-c1ccc(Cl)cc1C(c1ccccc1F)=CC2. The molecule has 0 saturated heterocycles. The van der Waals surface area contributed by atoms with Crippen LogP contribution in [0.25, 0.3) is 11.3 Å². The number of aromatic nitrogens is 3. The summed E-state index contributed by atoms with van der Waals surface area (Å²) in [6, 6.07) is 12.5. The molecule has 2 aromatic carbocycles.